The fraction of sp³-hybridized carbons (Fsp3) is 0.214. The molecule has 3 aromatic carbocycles. The van der Waals surface area contributed by atoms with Crippen LogP contribution in [0.4, 0.5) is 11.4 Å². The number of nitrogens with one attached hydrogen (secondary N) is 2. The van der Waals surface area contributed by atoms with Crippen LogP contribution in [-0.4, -0.2) is 57.1 Å². The van der Waals surface area contributed by atoms with Gasteiger partial charge < -0.3 is 35.2 Å². The highest BCUT2D eigenvalue weighted by atomic mass is 16.5. The molecule has 0 saturated carbocycles. The van der Waals surface area contributed by atoms with Gasteiger partial charge in [-0.3, -0.25) is 9.59 Å². The van der Waals surface area contributed by atoms with Crippen LogP contribution >= 0.6 is 0 Å². The van der Waals surface area contributed by atoms with Crippen LogP contribution in [-0.2, 0) is 0 Å². The first-order valence-electron chi connectivity index (χ1n) is 11.9. The Labute approximate surface area is 215 Å². The van der Waals surface area contributed by atoms with Gasteiger partial charge in [-0.05, 0) is 62.6 Å². The van der Waals surface area contributed by atoms with Crippen LogP contribution in [0.2, 0.25) is 0 Å². The first-order chi connectivity index (χ1) is 17.9. The zero-order valence-electron chi connectivity index (χ0n) is 20.8. The molecule has 2 amide bonds. The number of rotatable bonds is 11. The van der Waals surface area contributed by atoms with E-state index < -0.39 is 0 Å². The average Bonchev–Trinajstić information content (AvgIpc) is 3.33. The van der Waals surface area contributed by atoms with Gasteiger partial charge in [0.1, 0.15) is 19.0 Å². The standard InChI is InChI=1S/C28H30N4O5/c1-32(2)15-17-36-24-9-5-6-20-18-25(37-26(20)24)28(34)30-14-16-35-21-12-10-19(11-13-21)27(33)31-23-8-4-3-7-22(23)29/h3-13,18H,14-17,29H2,1-2H3,(H,30,34)(H,31,33). The van der Waals surface area contributed by atoms with E-state index in [0.717, 1.165) is 11.9 Å². The molecule has 0 aliphatic rings. The lowest BCUT2D eigenvalue weighted by molar-refractivity contribution is 0.0920. The Hall–Kier alpha value is -4.50. The number of anilines is 2. The average molecular weight is 503 g/mol. The molecule has 9 heteroatoms. The second-order valence-corrected chi connectivity index (χ2v) is 8.61. The van der Waals surface area contributed by atoms with Gasteiger partial charge >= 0.3 is 0 Å². The second-order valence-electron chi connectivity index (χ2n) is 8.61. The number of hydrogen-bond donors (Lipinski definition) is 3. The summed E-state index contributed by atoms with van der Waals surface area (Å²) < 4.78 is 17.3. The minimum Gasteiger partial charge on any atom is -0.492 e. The number of para-hydroxylation sites is 3. The molecule has 4 rings (SSSR count). The maximum atomic E-state index is 12.6. The SMILES string of the molecule is CN(C)CCOc1cccc2cc(C(=O)NCCOc3ccc(C(=O)Nc4ccccc4N)cc3)oc12. The van der Waals surface area contributed by atoms with Crippen LogP contribution in [0.15, 0.2) is 77.2 Å². The first kappa shape index (κ1) is 25.6. The molecule has 0 radical (unpaired) electrons. The summed E-state index contributed by atoms with van der Waals surface area (Å²) in [5.41, 5.74) is 7.94. The summed E-state index contributed by atoms with van der Waals surface area (Å²) in [6, 6.07) is 21.0. The van der Waals surface area contributed by atoms with E-state index in [1.54, 1.807) is 54.6 Å². The molecule has 0 fully saturated rings. The molecule has 0 aliphatic heterocycles. The molecule has 1 aromatic heterocycles. The smallest absolute Gasteiger partial charge is 0.287 e. The number of benzene rings is 3. The molecule has 0 atom stereocenters. The molecule has 4 N–H and O–H groups in total. The van der Waals surface area contributed by atoms with Gasteiger partial charge in [-0.2, -0.15) is 0 Å². The lowest BCUT2D eigenvalue weighted by atomic mass is 10.2. The molecule has 4 aromatic rings. The van der Waals surface area contributed by atoms with Crippen molar-refractivity contribution in [2.24, 2.45) is 0 Å². The van der Waals surface area contributed by atoms with E-state index in [1.807, 2.05) is 37.2 Å². The molecular weight excluding hydrogens is 472 g/mol. The number of nitrogens with zero attached hydrogens (tertiary/aromatic N) is 1. The van der Waals surface area contributed by atoms with E-state index in [2.05, 4.69) is 10.6 Å². The van der Waals surface area contributed by atoms with Gasteiger partial charge in [0.15, 0.2) is 17.1 Å². The maximum absolute atomic E-state index is 12.6. The molecule has 9 nitrogen and oxygen atoms in total. The molecule has 192 valence electrons. The fourth-order valence-electron chi connectivity index (χ4n) is 3.53. The summed E-state index contributed by atoms with van der Waals surface area (Å²) in [5, 5.41) is 6.37. The summed E-state index contributed by atoms with van der Waals surface area (Å²) >= 11 is 0. The molecular formula is C28H30N4O5. The predicted octanol–water partition coefficient (Wildman–Crippen LogP) is 4.02. The normalized spacial score (nSPS) is 10.9. The highest BCUT2D eigenvalue weighted by Crippen LogP contribution is 2.28. The van der Waals surface area contributed by atoms with Crippen molar-refractivity contribution in [3.8, 4) is 11.5 Å². The minimum absolute atomic E-state index is 0.202. The van der Waals surface area contributed by atoms with Crippen LogP contribution in [0, 0.1) is 0 Å². The van der Waals surface area contributed by atoms with Crippen LogP contribution in [0.5, 0.6) is 11.5 Å². The topological polar surface area (TPSA) is 119 Å². The van der Waals surface area contributed by atoms with Crippen molar-refractivity contribution in [1.82, 2.24) is 10.2 Å². The Morgan fingerprint density at radius 2 is 1.70 bits per heavy atom. The quantitative estimate of drug-likeness (QED) is 0.209. The highest BCUT2D eigenvalue weighted by Gasteiger charge is 2.15. The summed E-state index contributed by atoms with van der Waals surface area (Å²) in [4.78, 5) is 27.0. The summed E-state index contributed by atoms with van der Waals surface area (Å²) in [7, 11) is 3.95. The zero-order chi connectivity index (χ0) is 26.2. The van der Waals surface area contributed by atoms with E-state index in [0.29, 0.717) is 40.6 Å². The van der Waals surface area contributed by atoms with Crippen molar-refractivity contribution < 1.29 is 23.5 Å². The van der Waals surface area contributed by atoms with Crippen LogP contribution < -0.4 is 25.8 Å². The van der Waals surface area contributed by atoms with Gasteiger partial charge in [-0.1, -0.05) is 24.3 Å². The van der Waals surface area contributed by atoms with Crippen molar-refractivity contribution in [3.63, 3.8) is 0 Å². The summed E-state index contributed by atoms with van der Waals surface area (Å²) in [6.45, 7) is 1.80. The van der Waals surface area contributed by atoms with E-state index >= 15 is 0 Å². The monoisotopic (exact) mass is 502 g/mol. The Morgan fingerprint density at radius 1 is 0.919 bits per heavy atom. The van der Waals surface area contributed by atoms with Gasteiger partial charge in [0, 0.05) is 17.5 Å². The lowest BCUT2D eigenvalue weighted by Crippen LogP contribution is -2.27. The number of nitrogens with two attached hydrogens (primary N) is 1. The van der Waals surface area contributed by atoms with Crippen molar-refractivity contribution in [1.29, 1.82) is 0 Å². The number of hydrogen-bond acceptors (Lipinski definition) is 7. The molecule has 0 spiro atoms. The number of likely N-dealkylation sites (N-methyl/N-ethyl adjacent to an activating group) is 1. The van der Waals surface area contributed by atoms with E-state index in [4.69, 9.17) is 19.6 Å². The lowest BCUT2D eigenvalue weighted by Gasteiger charge is -2.11. The number of carbonyl (C=O) groups is 2. The number of carbonyl (C=O) groups excluding carboxylic acids is 2. The Kier molecular flexibility index (Phi) is 8.27. The largest absolute Gasteiger partial charge is 0.492 e. The number of ether oxygens (including phenoxy) is 2. The molecule has 0 saturated heterocycles. The summed E-state index contributed by atoms with van der Waals surface area (Å²) in [5.74, 6) is 0.771. The van der Waals surface area contributed by atoms with E-state index in [-0.39, 0.29) is 30.7 Å². The number of furan rings is 1. The van der Waals surface area contributed by atoms with Gasteiger partial charge in [0.05, 0.1) is 17.9 Å². The second kappa shape index (κ2) is 12.0. The first-order valence-corrected chi connectivity index (χ1v) is 11.9. The minimum atomic E-state index is -0.341. The third-order valence-electron chi connectivity index (χ3n) is 5.51. The number of nitrogen functional groups attached to an aromatic ring is 1. The Bertz CT molecular complexity index is 1360. The van der Waals surface area contributed by atoms with Gasteiger partial charge in [0.25, 0.3) is 11.8 Å². The van der Waals surface area contributed by atoms with Crippen molar-refractivity contribution in [2.75, 3.05) is 51.4 Å². The van der Waals surface area contributed by atoms with Crippen molar-refractivity contribution >= 4 is 34.2 Å². The third kappa shape index (κ3) is 6.80. The third-order valence-corrected chi connectivity index (χ3v) is 5.51. The Balaban J connectivity index is 1.25. The zero-order valence-corrected chi connectivity index (χ0v) is 20.8. The van der Waals surface area contributed by atoms with Gasteiger partial charge in [-0.25, -0.2) is 0 Å². The maximum Gasteiger partial charge on any atom is 0.287 e. The highest BCUT2D eigenvalue weighted by molar-refractivity contribution is 6.05. The van der Waals surface area contributed by atoms with Crippen LogP contribution in [0.1, 0.15) is 20.9 Å². The fourth-order valence-corrected chi connectivity index (χ4v) is 3.53. The van der Waals surface area contributed by atoms with Crippen LogP contribution in [0.3, 0.4) is 0 Å². The van der Waals surface area contributed by atoms with Gasteiger partial charge in [-0.15, -0.1) is 0 Å². The molecule has 0 bridgehead atoms. The summed E-state index contributed by atoms with van der Waals surface area (Å²) in [6.07, 6.45) is 0. The van der Waals surface area contributed by atoms with Gasteiger partial charge in [0.2, 0.25) is 0 Å². The van der Waals surface area contributed by atoms with Crippen LogP contribution in [0.25, 0.3) is 11.0 Å². The predicted molar refractivity (Wildman–Crippen MR) is 143 cm³/mol. The number of amides is 2. The van der Waals surface area contributed by atoms with E-state index in [1.165, 1.54) is 0 Å². The molecule has 1 heterocycles. The molecule has 37 heavy (non-hydrogen) atoms. The van der Waals surface area contributed by atoms with E-state index in [9.17, 15) is 9.59 Å². The number of fused-ring (bicyclic) bond motifs is 1. The Morgan fingerprint density at radius 3 is 2.46 bits per heavy atom. The molecule has 0 unspecified atom stereocenters. The molecule has 0 aliphatic carbocycles. The van der Waals surface area contributed by atoms with Crippen molar-refractivity contribution in [3.05, 3.63) is 84.1 Å². The van der Waals surface area contributed by atoms with Crippen molar-refractivity contribution in [2.45, 2.75) is 0 Å².